The first-order valence-electron chi connectivity index (χ1n) is 9.02. The monoisotopic (exact) mass is 387 g/mol. The Hall–Kier alpha value is -2.31. The summed E-state index contributed by atoms with van der Waals surface area (Å²) in [6, 6.07) is 9.65. The molecule has 1 aliphatic rings. The molecule has 1 aromatic heterocycles. The molecule has 0 spiro atoms. The van der Waals surface area contributed by atoms with Crippen LogP contribution >= 0.6 is 11.3 Å². The van der Waals surface area contributed by atoms with Gasteiger partial charge in [0.2, 0.25) is 5.91 Å². The van der Waals surface area contributed by atoms with Gasteiger partial charge in [0, 0.05) is 24.1 Å². The fraction of sp³-hybridized carbons (Fsp3) is 0.381. The van der Waals surface area contributed by atoms with Gasteiger partial charge < -0.3 is 19.1 Å². The number of hydrogen-bond acceptors (Lipinski definition) is 5. The number of benzene rings is 1. The molecule has 1 fully saturated rings. The summed E-state index contributed by atoms with van der Waals surface area (Å²) in [6.07, 6.45) is 5.62. The lowest BCUT2D eigenvalue weighted by molar-refractivity contribution is -0.128. The van der Waals surface area contributed by atoms with E-state index in [0.29, 0.717) is 24.6 Å². The highest BCUT2D eigenvalue weighted by molar-refractivity contribution is 7.09. The van der Waals surface area contributed by atoms with Crippen LogP contribution in [0, 0.1) is 0 Å². The van der Waals surface area contributed by atoms with E-state index >= 15 is 0 Å². The molecule has 0 aliphatic carbocycles. The minimum absolute atomic E-state index is 0.0197. The highest BCUT2D eigenvalue weighted by Crippen LogP contribution is 2.28. The molecule has 144 valence electrons. The zero-order chi connectivity index (χ0) is 19.1. The van der Waals surface area contributed by atoms with Crippen LogP contribution in [0.15, 0.2) is 41.8 Å². The van der Waals surface area contributed by atoms with E-state index in [-0.39, 0.29) is 12.0 Å². The van der Waals surface area contributed by atoms with Gasteiger partial charge in [0.1, 0.15) is 0 Å². The summed E-state index contributed by atoms with van der Waals surface area (Å²) in [4.78, 5) is 15.9. The Bertz CT molecular complexity index is 766. The van der Waals surface area contributed by atoms with Crippen molar-refractivity contribution in [2.24, 2.45) is 0 Å². The molecule has 1 aliphatic heterocycles. The molecule has 1 aromatic carbocycles. The lowest BCUT2D eigenvalue weighted by Gasteiger charge is -2.23. The minimum Gasteiger partial charge on any atom is -0.493 e. The van der Waals surface area contributed by atoms with Crippen LogP contribution in [0.3, 0.4) is 0 Å². The fourth-order valence-corrected chi connectivity index (χ4v) is 3.81. The summed E-state index contributed by atoms with van der Waals surface area (Å²) in [7, 11) is 3.20. The van der Waals surface area contributed by atoms with Crippen LogP contribution in [0.1, 0.15) is 23.3 Å². The largest absolute Gasteiger partial charge is 0.493 e. The minimum atomic E-state index is -0.0197. The number of ether oxygens (including phenoxy) is 3. The highest BCUT2D eigenvalue weighted by Gasteiger charge is 2.22. The number of thiophene rings is 1. The van der Waals surface area contributed by atoms with Gasteiger partial charge in [0.05, 0.1) is 26.9 Å². The number of methoxy groups -OCH3 is 2. The predicted octanol–water partition coefficient (Wildman–Crippen LogP) is 3.99. The van der Waals surface area contributed by atoms with Crippen molar-refractivity contribution in [3.05, 3.63) is 52.2 Å². The lowest BCUT2D eigenvalue weighted by atomic mass is 10.1. The summed E-state index contributed by atoms with van der Waals surface area (Å²) in [5.41, 5.74) is 0.884. The molecule has 1 saturated heterocycles. The number of hydrogen-bond donors (Lipinski definition) is 0. The van der Waals surface area contributed by atoms with E-state index in [4.69, 9.17) is 14.2 Å². The van der Waals surface area contributed by atoms with Crippen LogP contribution in [-0.4, -0.2) is 44.3 Å². The molecule has 1 amide bonds. The van der Waals surface area contributed by atoms with Gasteiger partial charge in [-0.25, -0.2) is 0 Å². The Labute approximate surface area is 164 Å². The predicted molar refractivity (Wildman–Crippen MR) is 107 cm³/mol. The molecule has 6 heteroatoms. The maximum Gasteiger partial charge on any atom is 0.246 e. The van der Waals surface area contributed by atoms with Crippen molar-refractivity contribution in [3.63, 3.8) is 0 Å². The molecule has 2 heterocycles. The van der Waals surface area contributed by atoms with Crippen molar-refractivity contribution in [3.8, 4) is 11.5 Å². The van der Waals surface area contributed by atoms with E-state index in [1.807, 2.05) is 34.5 Å². The van der Waals surface area contributed by atoms with Gasteiger partial charge in [-0.15, -0.1) is 11.3 Å². The molecule has 27 heavy (non-hydrogen) atoms. The van der Waals surface area contributed by atoms with E-state index in [2.05, 4.69) is 6.07 Å². The van der Waals surface area contributed by atoms with Crippen LogP contribution in [0.25, 0.3) is 6.08 Å². The zero-order valence-electron chi connectivity index (χ0n) is 15.7. The molecular weight excluding hydrogens is 362 g/mol. The normalized spacial score (nSPS) is 16.6. The number of carbonyl (C=O) groups is 1. The maximum absolute atomic E-state index is 12.8. The molecule has 0 radical (unpaired) electrons. The molecule has 0 N–H and O–H groups in total. The molecule has 0 bridgehead atoms. The number of rotatable bonds is 8. The summed E-state index contributed by atoms with van der Waals surface area (Å²) in [5.74, 6) is 1.29. The van der Waals surface area contributed by atoms with Gasteiger partial charge in [-0.1, -0.05) is 12.1 Å². The standard InChI is InChI=1S/C21H25NO4S/c1-24-19-9-7-16(13-20(19)25-2)8-10-21(23)22(14-17-5-3-11-26-17)15-18-6-4-12-27-18/h4,6-10,12-13,17H,3,5,11,14-15H2,1-2H3/b10-8+. The third kappa shape index (κ3) is 5.34. The first kappa shape index (κ1) is 19.5. The van der Waals surface area contributed by atoms with Crippen molar-refractivity contribution >= 4 is 23.3 Å². The number of carbonyl (C=O) groups excluding carboxylic acids is 1. The summed E-state index contributed by atoms with van der Waals surface area (Å²) >= 11 is 1.66. The van der Waals surface area contributed by atoms with E-state index in [9.17, 15) is 4.79 Å². The Balaban J connectivity index is 1.71. The quantitative estimate of drug-likeness (QED) is 0.643. The summed E-state index contributed by atoms with van der Waals surface area (Å²) < 4.78 is 16.3. The topological polar surface area (TPSA) is 48.0 Å². The summed E-state index contributed by atoms with van der Waals surface area (Å²) in [5, 5.41) is 2.03. The van der Waals surface area contributed by atoms with Crippen molar-refractivity contribution in [2.75, 3.05) is 27.4 Å². The van der Waals surface area contributed by atoms with Gasteiger partial charge in [-0.2, -0.15) is 0 Å². The molecule has 0 saturated carbocycles. The Morgan fingerprint density at radius 1 is 1.30 bits per heavy atom. The molecule has 1 unspecified atom stereocenters. The summed E-state index contributed by atoms with van der Waals surface area (Å²) in [6.45, 7) is 2.01. The average Bonchev–Trinajstić information content (AvgIpc) is 3.39. The second-order valence-electron chi connectivity index (χ2n) is 6.38. The van der Waals surface area contributed by atoms with Gasteiger partial charge >= 0.3 is 0 Å². The van der Waals surface area contributed by atoms with E-state index < -0.39 is 0 Å². The van der Waals surface area contributed by atoms with Crippen molar-refractivity contribution in [2.45, 2.75) is 25.5 Å². The Kier molecular flexibility index (Phi) is 6.90. The van der Waals surface area contributed by atoms with Crippen molar-refractivity contribution < 1.29 is 19.0 Å². The lowest BCUT2D eigenvalue weighted by Crippen LogP contribution is -2.35. The third-order valence-corrected chi connectivity index (χ3v) is 5.37. The van der Waals surface area contributed by atoms with Crippen molar-refractivity contribution in [1.82, 2.24) is 4.90 Å². The van der Waals surface area contributed by atoms with Crippen LogP contribution in [0.2, 0.25) is 0 Å². The zero-order valence-corrected chi connectivity index (χ0v) is 16.5. The van der Waals surface area contributed by atoms with Crippen LogP contribution in [-0.2, 0) is 16.1 Å². The highest BCUT2D eigenvalue weighted by atomic mass is 32.1. The molecule has 2 aromatic rings. The van der Waals surface area contributed by atoms with E-state index in [1.54, 1.807) is 37.7 Å². The third-order valence-electron chi connectivity index (χ3n) is 4.51. The van der Waals surface area contributed by atoms with Crippen molar-refractivity contribution in [1.29, 1.82) is 0 Å². The average molecular weight is 388 g/mol. The Morgan fingerprint density at radius 3 is 2.81 bits per heavy atom. The maximum atomic E-state index is 12.8. The molecule has 5 nitrogen and oxygen atoms in total. The van der Waals surface area contributed by atoms with Crippen LogP contribution in [0.5, 0.6) is 11.5 Å². The van der Waals surface area contributed by atoms with Crippen LogP contribution in [0.4, 0.5) is 0 Å². The molecular formula is C21H25NO4S. The fourth-order valence-electron chi connectivity index (χ4n) is 3.09. The van der Waals surface area contributed by atoms with E-state index in [1.165, 1.54) is 4.88 Å². The number of nitrogens with zero attached hydrogens (tertiary/aromatic N) is 1. The van der Waals surface area contributed by atoms with Gasteiger partial charge in [0.15, 0.2) is 11.5 Å². The second kappa shape index (κ2) is 9.58. The Morgan fingerprint density at radius 2 is 2.15 bits per heavy atom. The van der Waals surface area contributed by atoms with Gasteiger partial charge in [-0.3, -0.25) is 4.79 Å². The number of amides is 1. The first-order chi connectivity index (χ1) is 13.2. The van der Waals surface area contributed by atoms with Gasteiger partial charge in [0.25, 0.3) is 0 Å². The van der Waals surface area contributed by atoms with E-state index in [0.717, 1.165) is 25.0 Å². The van der Waals surface area contributed by atoms with Gasteiger partial charge in [-0.05, 0) is 48.1 Å². The first-order valence-corrected chi connectivity index (χ1v) is 9.90. The SMILES string of the molecule is COc1ccc(/C=C/C(=O)N(Cc2cccs2)CC2CCCO2)cc1OC. The molecule has 1 atom stereocenters. The molecule has 3 rings (SSSR count). The smallest absolute Gasteiger partial charge is 0.246 e. The second-order valence-corrected chi connectivity index (χ2v) is 7.41. The van der Waals surface area contributed by atoms with Crippen LogP contribution < -0.4 is 9.47 Å².